The van der Waals surface area contributed by atoms with E-state index in [0.717, 1.165) is 29.2 Å². The van der Waals surface area contributed by atoms with Crippen LogP contribution in [0.25, 0.3) is 0 Å². The van der Waals surface area contributed by atoms with Gasteiger partial charge in [0.25, 0.3) is 0 Å². The molecule has 1 N–H and O–H groups in total. The first-order valence-corrected chi connectivity index (χ1v) is 6.66. The molecule has 2 nitrogen and oxygen atoms in total. The molecule has 2 aromatic rings. The number of hydrogen-bond acceptors (Lipinski definition) is 2. The number of benzene rings is 2. The number of aryl methyl sites for hydroxylation is 2. The summed E-state index contributed by atoms with van der Waals surface area (Å²) in [7, 11) is 1.91. The van der Waals surface area contributed by atoms with E-state index < -0.39 is 0 Å². The van der Waals surface area contributed by atoms with E-state index in [2.05, 4.69) is 24.4 Å². The first-order chi connectivity index (χ1) is 9.10. The number of hydrogen-bond donors (Lipinski definition) is 1. The third kappa shape index (κ3) is 3.49. The molecule has 0 radical (unpaired) electrons. The van der Waals surface area contributed by atoms with E-state index >= 15 is 0 Å². The van der Waals surface area contributed by atoms with Crippen LogP contribution in [0.3, 0.4) is 0 Å². The Morgan fingerprint density at radius 3 is 2.58 bits per heavy atom. The molecule has 2 rings (SSSR count). The van der Waals surface area contributed by atoms with Crippen molar-refractivity contribution in [2.75, 3.05) is 7.05 Å². The number of ether oxygens (including phenoxy) is 1. The highest BCUT2D eigenvalue weighted by Crippen LogP contribution is 2.30. The quantitative estimate of drug-likeness (QED) is 0.889. The molecular weight excluding hydrogens is 258 g/mol. The molecule has 0 aliphatic heterocycles. The molecule has 0 aromatic heterocycles. The molecule has 0 atom stereocenters. The lowest BCUT2D eigenvalue weighted by molar-refractivity contribution is 0.470. The molecule has 0 fully saturated rings. The van der Waals surface area contributed by atoms with Crippen LogP contribution in [0.15, 0.2) is 36.4 Å². The van der Waals surface area contributed by atoms with Crippen LogP contribution >= 0.6 is 11.6 Å². The Hall–Kier alpha value is -1.51. The minimum Gasteiger partial charge on any atom is -0.457 e. The van der Waals surface area contributed by atoms with Crippen molar-refractivity contribution in [1.82, 2.24) is 5.32 Å². The van der Waals surface area contributed by atoms with Crippen molar-refractivity contribution >= 4 is 11.6 Å². The molecule has 0 aliphatic carbocycles. The minimum atomic E-state index is 0.681. The highest BCUT2D eigenvalue weighted by atomic mass is 35.5. The van der Waals surface area contributed by atoms with Crippen molar-refractivity contribution in [3.8, 4) is 11.5 Å². The summed E-state index contributed by atoms with van der Waals surface area (Å²) in [5, 5.41) is 3.81. The highest BCUT2D eigenvalue weighted by Gasteiger charge is 2.07. The first-order valence-electron chi connectivity index (χ1n) is 6.28. The summed E-state index contributed by atoms with van der Waals surface area (Å²) >= 11 is 6.05. The van der Waals surface area contributed by atoms with Crippen LogP contribution in [0, 0.1) is 13.8 Å². The number of halogens is 1. The summed E-state index contributed by atoms with van der Waals surface area (Å²) in [5.74, 6) is 1.68. The minimum absolute atomic E-state index is 0.681. The van der Waals surface area contributed by atoms with Gasteiger partial charge in [-0.1, -0.05) is 29.8 Å². The lowest BCUT2D eigenvalue weighted by atomic mass is 10.1. The van der Waals surface area contributed by atoms with Gasteiger partial charge in [0.2, 0.25) is 0 Å². The van der Waals surface area contributed by atoms with E-state index in [0.29, 0.717) is 5.02 Å². The fourth-order valence-corrected chi connectivity index (χ4v) is 2.06. The van der Waals surface area contributed by atoms with Gasteiger partial charge in [0, 0.05) is 17.1 Å². The lowest BCUT2D eigenvalue weighted by Gasteiger charge is -2.13. The van der Waals surface area contributed by atoms with Crippen molar-refractivity contribution in [1.29, 1.82) is 0 Å². The van der Waals surface area contributed by atoms with Crippen molar-refractivity contribution in [2.24, 2.45) is 0 Å². The maximum absolute atomic E-state index is 6.05. The predicted octanol–water partition coefficient (Wildman–Crippen LogP) is 4.47. The Balaban J connectivity index is 2.36. The third-order valence-corrected chi connectivity index (χ3v) is 3.20. The summed E-state index contributed by atoms with van der Waals surface area (Å²) < 4.78 is 6.03. The summed E-state index contributed by atoms with van der Waals surface area (Å²) in [5.41, 5.74) is 3.38. The Labute approximate surface area is 119 Å². The van der Waals surface area contributed by atoms with Crippen LogP contribution in [-0.4, -0.2) is 7.05 Å². The molecule has 3 heteroatoms. The van der Waals surface area contributed by atoms with Gasteiger partial charge in [-0.15, -0.1) is 0 Å². The van der Waals surface area contributed by atoms with E-state index in [1.165, 1.54) is 5.56 Å². The number of nitrogens with one attached hydrogen (secondary N) is 1. The Kier molecular flexibility index (Phi) is 4.46. The fourth-order valence-electron chi connectivity index (χ4n) is 1.90. The molecular formula is C16H18ClNO. The van der Waals surface area contributed by atoms with Crippen LogP contribution in [-0.2, 0) is 6.54 Å². The average Bonchev–Trinajstić information content (AvgIpc) is 2.37. The summed E-state index contributed by atoms with van der Waals surface area (Å²) in [6, 6.07) is 11.9. The van der Waals surface area contributed by atoms with Gasteiger partial charge in [0.1, 0.15) is 11.5 Å². The molecule has 0 amide bonds. The van der Waals surface area contributed by atoms with E-state index in [9.17, 15) is 0 Å². The number of rotatable bonds is 4. The van der Waals surface area contributed by atoms with Crippen LogP contribution in [0.4, 0.5) is 0 Å². The third-order valence-electron chi connectivity index (χ3n) is 2.96. The molecule has 0 bridgehead atoms. The zero-order chi connectivity index (χ0) is 13.8. The SMILES string of the molecule is CNCc1ccc(Cl)cc1Oc1cc(C)ccc1C. The molecule has 0 unspecified atom stereocenters. The standard InChI is InChI=1S/C16H18ClNO/c1-11-4-5-12(2)15(8-11)19-16-9-14(17)7-6-13(16)10-18-3/h4-9,18H,10H2,1-3H3. The van der Waals surface area contributed by atoms with E-state index in [4.69, 9.17) is 16.3 Å². The average molecular weight is 276 g/mol. The molecule has 0 spiro atoms. The normalized spacial score (nSPS) is 10.5. The summed E-state index contributed by atoms with van der Waals surface area (Å²) in [6.45, 7) is 4.84. The Morgan fingerprint density at radius 1 is 1.05 bits per heavy atom. The molecule has 19 heavy (non-hydrogen) atoms. The predicted molar refractivity (Wildman–Crippen MR) is 80.2 cm³/mol. The molecule has 0 heterocycles. The Bertz CT molecular complexity index is 581. The van der Waals surface area contributed by atoms with Gasteiger partial charge in [-0.05, 0) is 50.2 Å². The Morgan fingerprint density at radius 2 is 1.84 bits per heavy atom. The van der Waals surface area contributed by atoms with Crippen molar-refractivity contribution in [2.45, 2.75) is 20.4 Å². The maximum Gasteiger partial charge on any atom is 0.133 e. The van der Waals surface area contributed by atoms with E-state index in [1.54, 1.807) is 0 Å². The lowest BCUT2D eigenvalue weighted by Crippen LogP contribution is -2.06. The topological polar surface area (TPSA) is 21.3 Å². The van der Waals surface area contributed by atoms with Gasteiger partial charge in [0.05, 0.1) is 0 Å². The van der Waals surface area contributed by atoms with Crippen LogP contribution in [0.5, 0.6) is 11.5 Å². The van der Waals surface area contributed by atoms with Gasteiger partial charge in [0.15, 0.2) is 0 Å². The zero-order valence-corrected chi connectivity index (χ0v) is 12.2. The molecule has 0 saturated carbocycles. The molecule has 2 aromatic carbocycles. The summed E-state index contributed by atoms with van der Waals surface area (Å²) in [4.78, 5) is 0. The van der Waals surface area contributed by atoms with Crippen molar-refractivity contribution < 1.29 is 4.74 Å². The van der Waals surface area contributed by atoms with Gasteiger partial charge >= 0.3 is 0 Å². The fraction of sp³-hybridized carbons (Fsp3) is 0.250. The van der Waals surface area contributed by atoms with Gasteiger partial charge < -0.3 is 10.1 Å². The second-order valence-electron chi connectivity index (χ2n) is 4.65. The summed E-state index contributed by atoms with van der Waals surface area (Å²) in [6.07, 6.45) is 0. The van der Waals surface area contributed by atoms with Crippen LogP contribution in [0.2, 0.25) is 5.02 Å². The smallest absolute Gasteiger partial charge is 0.133 e. The van der Waals surface area contributed by atoms with Crippen molar-refractivity contribution in [3.05, 3.63) is 58.1 Å². The van der Waals surface area contributed by atoms with Gasteiger partial charge in [-0.25, -0.2) is 0 Å². The van der Waals surface area contributed by atoms with Crippen LogP contribution < -0.4 is 10.1 Å². The van der Waals surface area contributed by atoms with Crippen molar-refractivity contribution in [3.63, 3.8) is 0 Å². The zero-order valence-electron chi connectivity index (χ0n) is 11.5. The van der Waals surface area contributed by atoms with Gasteiger partial charge in [-0.2, -0.15) is 0 Å². The largest absolute Gasteiger partial charge is 0.457 e. The molecule has 0 aliphatic rings. The molecule has 100 valence electrons. The van der Waals surface area contributed by atoms with E-state index in [1.807, 2.05) is 38.2 Å². The second-order valence-corrected chi connectivity index (χ2v) is 5.09. The monoisotopic (exact) mass is 275 g/mol. The second kappa shape index (κ2) is 6.09. The van der Waals surface area contributed by atoms with E-state index in [-0.39, 0.29) is 0 Å². The highest BCUT2D eigenvalue weighted by molar-refractivity contribution is 6.30. The first kappa shape index (κ1) is 13.9. The van der Waals surface area contributed by atoms with Crippen LogP contribution in [0.1, 0.15) is 16.7 Å². The van der Waals surface area contributed by atoms with Gasteiger partial charge in [-0.3, -0.25) is 0 Å². The molecule has 0 saturated heterocycles. The maximum atomic E-state index is 6.05.